The Labute approximate surface area is 78.1 Å². The van der Waals surface area contributed by atoms with Crippen molar-refractivity contribution in [2.75, 3.05) is 0 Å². The second-order valence-corrected chi connectivity index (χ2v) is 3.51. The first kappa shape index (κ1) is 10.4. The first-order valence-electron chi connectivity index (χ1n) is 3.50. The zero-order chi connectivity index (χ0) is 9.90. The lowest BCUT2D eigenvalue weighted by molar-refractivity contribution is -0.0328. The number of rotatable bonds is 2. The van der Waals surface area contributed by atoms with Gasteiger partial charge in [0.05, 0.1) is 0 Å². The summed E-state index contributed by atoms with van der Waals surface area (Å²) >= 11 is -0.153. The number of benzene rings is 1. The standard InChI is InChI=1S/C8H7F3NS/c9-8(10,11)13-7-3-1-2-6(4-7)5-12/h1-4,12H,5H2. The summed E-state index contributed by atoms with van der Waals surface area (Å²) in [6.45, 7) is 0.00621. The number of alkyl halides is 3. The molecule has 0 aliphatic carbocycles. The summed E-state index contributed by atoms with van der Waals surface area (Å²) in [5, 5.41) is 0. The Balaban J connectivity index is 2.78. The molecular weight excluding hydrogens is 199 g/mol. The monoisotopic (exact) mass is 206 g/mol. The predicted molar refractivity (Wildman–Crippen MR) is 45.2 cm³/mol. The van der Waals surface area contributed by atoms with Crippen LogP contribution in [0.5, 0.6) is 0 Å². The number of nitrogens with one attached hydrogen (secondary N) is 1. The van der Waals surface area contributed by atoms with Gasteiger partial charge in [-0.25, -0.2) is 0 Å². The lowest BCUT2D eigenvalue weighted by Gasteiger charge is -2.05. The molecule has 1 nitrogen and oxygen atoms in total. The fourth-order valence-electron chi connectivity index (χ4n) is 0.853. The summed E-state index contributed by atoms with van der Waals surface area (Å²) in [5.41, 5.74) is 3.32. The molecule has 0 unspecified atom stereocenters. The molecule has 0 aromatic heterocycles. The molecule has 1 aromatic rings. The van der Waals surface area contributed by atoms with Gasteiger partial charge in [-0.3, -0.25) is 5.73 Å². The Kier molecular flexibility index (Phi) is 3.22. The molecule has 0 aliphatic heterocycles. The summed E-state index contributed by atoms with van der Waals surface area (Å²) in [4.78, 5) is 0.136. The maximum atomic E-state index is 11.9. The molecule has 0 spiro atoms. The van der Waals surface area contributed by atoms with E-state index in [-0.39, 0.29) is 23.2 Å². The zero-order valence-electron chi connectivity index (χ0n) is 6.56. The van der Waals surface area contributed by atoms with Crippen molar-refractivity contribution in [2.24, 2.45) is 0 Å². The maximum Gasteiger partial charge on any atom is 0.446 e. The summed E-state index contributed by atoms with van der Waals surface area (Å²) in [6.07, 6.45) is 0. The molecule has 5 heteroatoms. The zero-order valence-corrected chi connectivity index (χ0v) is 7.38. The molecule has 0 aliphatic rings. The van der Waals surface area contributed by atoms with Gasteiger partial charge in [0.1, 0.15) is 0 Å². The van der Waals surface area contributed by atoms with Crippen molar-refractivity contribution >= 4 is 11.8 Å². The van der Waals surface area contributed by atoms with Gasteiger partial charge in [0.2, 0.25) is 0 Å². The second-order valence-electron chi connectivity index (χ2n) is 2.37. The van der Waals surface area contributed by atoms with Crippen molar-refractivity contribution in [1.82, 2.24) is 5.73 Å². The largest absolute Gasteiger partial charge is 0.446 e. The smallest absolute Gasteiger partial charge is 0.253 e. The van der Waals surface area contributed by atoms with Gasteiger partial charge in [0.15, 0.2) is 0 Å². The molecule has 1 rings (SSSR count). The van der Waals surface area contributed by atoms with Crippen LogP contribution in [0.25, 0.3) is 0 Å². The Hall–Kier alpha value is -0.680. The average Bonchev–Trinajstić information content (AvgIpc) is 2.01. The van der Waals surface area contributed by atoms with Crippen molar-refractivity contribution in [1.29, 1.82) is 0 Å². The van der Waals surface area contributed by atoms with Crippen LogP contribution in [-0.4, -0.2) is 5.51 Å². The summed E-state index contributed by atoms with van der Waals surface area (Å²) in [6, 6.07) is 5.92. The fourth-order valence-corrected chi connectivity index (χ4v) is 1.48. The first-order valence-corrected chi connectivity index (χ1v) is 4.32. The van der Waals surface area contributed by atoms with Gasteiger partial charge in [-0.15, -0.1) is 0 Å². The number of hydrogen-bond acceptors (Lipinski definition) is 1. The van der Waals surface area contributed by atoms with E-state index in [1.807, 2.05) is 0 Å². The Morgan fingerprint density at radius 1 is 1.31 bits per heavy atom. The van der Waals surface area contributed by atoms with Gasteiger partial charge in [-0.2, -0.15) is 13.2 Å². The highest BCUT2D eigenvalue weighted by Gasteiger charge is 2.29. The van der Waals surface area contributed by atoms with E-state index in [0.717, 1.165) is 0 Å². The van der Waals surface area contributed by atoms with Crippen molar-refractivity contribution in [3.05, 3.63) is 29.8 Å². The van der Waals surface area contributed by atoms with Crippen molar-refractivity contribution < 1.29 is 13.2 Å². The van der Waals surface area contributed by atoms with Crippen LogP contribution in [0.3, 0.4) is 0 Å². The molecule has 0 heterocycles. The normalized spacial score (nSPS) is 11.7. The van der Waals surface area contributed by atoms with Crippen LogP contribution in [0.1, 0.15) is 5.56 Å². The minimum Gasteiger partial charge on any atom is -0.253 e. The molecule has 1 aromatic carbocycles. The molecule has 0 saturated carbocycles. The van der Waals surface area contributed by atoms with Crippen molar-refractivity contribution in [2.45, 2.75) is 16.9 Å². The summed E-state index contributed by atoms with van der Waals surface area (Å²) in [7, 11) is 0. The number of thioether (sulfide) groups is 1. The van der Waals surface area contributed by atoms with E-state index in [9.17, 15) is 13.2 Å². The average molecular weight is 206 g/mol. The van der Waals surface area contributed by atoms with Gasteiger partial charge in [-0.05, 0) is 29.5 Å². The summed E-state index contributed by atoms with van der Waals surface area (Å²) in [5.74, 6) is 0. The van der Waals surface area contributed by atoms with E-state index < -0.39 is 5.51 Å². The van der Waals surface area contributed by atoms with E-state index in [1.165, 1.54) is 18.2 Å². The molecule has 0 amide bonds. The van der Waals surface area contributed by atoms with E-state index in [0.29, 0.717) is 5.56 Å². The molecule has 0 atom stereocenters. The molecule has 1 radical (unpaired) electrons. The van der Waals surface area contributed by atoms with Crippen LogP contribution in [-0.2, 0) is 6.54 Å². The SMILES string of the molecule is [NH]Cc1cccc(SC(F)(F)F)c1. The second kappa shape index (κ2) is 4.02. The molecule has 0 fully saturated rings. The van der Waals surface area contributed by atoms with Gasteiger partial charge in [0, 0.05) is 11.4 Å². The van der Waals surface area contributed by atoms with E-state index in [4.69, 9.17) is 5.73 Å². The minimum atomic E-state index is -4.25. The Morgan fingerprint density at radius 3 is 2.54 bits per heavy atom. The highest BCUT2D eigenvalue weighted by molar-refractivity contribution is 8.00. The minimum absolute atomic E-state index is 0.00621. The van der Waals surface area contributed by atoms with Crippen LogP contribution < -0.4 is 5.73 Å². The fraction of sp³-hybridized carbons (Fsp3) is 0.250. The Bertz CT molecular complexity index is 285. The van der Waals surface area contributed by atoms with Crippen LogP contribution >= 0.6 is 11.8 Å². The highest BCUT2D eigenvalue weighted by atomic mass is 32.2. The maximum absolute atomic E-state index is 11.9. The van der Waals surface area contributed by atoms with Gasteiger partial charge in [0.25, 0.3) is 0 Å². The first-order chi connectivity index (χ1) is 6.01. The van der Waals surface area contributed by atoms with Gasteiger partial charge < -0.3 is 0 Å². The molecule has 1 N–H and O–H groups in total. The van der Waals surface area contributed by atoms with E-state index in [1.54, 1.807) is 6.07 Å². The molecule has 0 bridgehead atoms. The van der Waals surface area contributed by atoms with Crippen LogP contribution in [0.2, 0.25) is 0 Å². The third-order valence-corrected chi connectivity index (χ3v) is 2.06. The quantitative estimate of drug-likeness (QED) is 0.682. The summed E-state index contributed by atoms with van der Waals surface area (Å²) < 4.78 is 35.7. The highest BCUT2D eigenvalue weighted by Crippen LogP contribution is 2.36. The lowest BCUT2D eigenvalue weighted by atomic mass is 10.2. The van der Waals surface area contributed by atoms with Gasteiger partial charge >= 0.3 is 5.51 Å². The predicted octanol–water partition coefficient (Wildman–Crippen LogP) is 3.08. The van der Waals surface area contributed by atoms with Crippen molar-refractivity contribution in [3.63, 3.8) is 0 Å². The molecule has 13 heavy (non-hydrogen) atoms. The molecule has 71 valence electrons. The van der Waals surface area contributed by atoms with E-state index >= 15 is 0 Å². The molecular formula is C8H7F3NS. The topological polar surface area (TPSA) is 23.8 Å². The lowest BCUT2D eigenvalue weighted by Crippen LogP contribution is -1.99. The Morgan fingerprint density at radius 2 is 2.00 bits per heavy atom. The van der Waals surface area contributed by atoms with Crippen LogP contribution in [0.15, 0.2) is 29.2 Å². The molecule has 0 saturated heterocycles. The van der Waals surface area contributed by atoms with Crippen molar-refractivity contribution in [3.8, 4) is 0 Å². The number of halogens is 3. The van der Waals surface area contributed by atoms with Crippen LogP contribution in [0.4, 0.5) is 13.2 Å². The number of hydrogen-bond donors (Lipinski definition) is 0. The third kappa shape index (κ3) is 3.69. The third-order valence-electron chi connectivity index (χ3n) is 1.34. The van der Waals surface area contributed by atoms with Crippen LogP contribution in [0, 0.1) is 0 Å². The van der Waals surface area contributed by atoms with Gasteiger partial charge in [-0.1, -0.05) is 12.1 Å². The van der Waals surface area contributed by atoms with E-state index in [2.05, 4.69) is 0 Å².